The van der Waals surface area contributed by atoms with E-state index in [9.17, 15) is 70.9 Å². The first-order valence-corrected chi connectivity index (χ1v) is 15.9. The fourth-order valence-electron chi connectivity index (χ4n) is 5.88. The third kappa shape index (κ3) is 9.80. The van der Waals surface area contributed by atoms with E-state index in [0.717, 1.165) is 13.8 Å². The summed E-state index contributed by atoms with van der Waals surface area (Å²) in [6, 6.07) is -3.15. The number of carbonyl (C=O) groups excluding carboxylic acids is 2. The van der Waals surface area contributed by atoms with Crippen molar-refractivity contribution >= 4 is 11.8 Å². The minimum atomic E-state index is -2.04. The minimum absolute atomic E-state index is 0.716. The topological polar surface area (TPSA) is 356 Å². The molecule has 0 spiro atoms. The normalized spacial score (nSPS) is 41.9. The second kappa shape index (κ2) is 18.8. The van der Waals surface area contributed by atoms with Gasteiger partial charge in [0.05, 0.1) is 38.6 Å². The van der Waals surface area contributed by atoms with Crippen molar-refractivity contribution in [3.05, 3.63) is 0 Å². The molecule has 3 rings (SSSR count). The van der Waals surface area contributed by atoms with Crippen molar-refractivity contribution in [1.29, 1.82) is 0 Å². The van der Waals surface area contributed by atoms with E-state index in [1.165, 1.54) is 6.92 Å². The molecule has 0 radical (unpaired) electrons. The number of amides is 2. The lowest BCUT2D eigenvalue weighted by molar-refractivity contribution is -0.377. The Morgan fingerprint density at radius 2 is 1.22 bits per heavy atom. The lowest BCUT2D eigenvalue weighted by atomic mass is 9.94. The summed E-state index contributed by atoms with van der Waals surface area (Å²) in [4.78, 5) is 24.5. The molecule has 22 heteroatoms. The van der Waals surface area contributed by atoms with E-state index in [1.807, 2.05) is 0 Å². The summed E-state index contributed by atoms with van der Waals surface area (Å²) < 4.78 is 34.8. The van der Waals surface area contributed by atoms with Crippen molar-refractivity contribution in [3.63, 3.8) is 0 Å². The quantitative estimate of drug-likeness (QED) is 0.0742. The van der Waals surface area contributed by atoms with Gasteiger partial charge in [-0.2, -0.15) is 0 Å². The van der Waals surface area contributed by atoms with Gasteiger partial charge < -0.3 is 100 Å². The Morgan fingerprint density at radius 1 is 0.680 bits per heavy atom. The highest BCUT2D eigenvalue weighted by Gasteiger charge is 2.55. The molecule has 3 heterocycles. The minimum Gasteiger partial charge on any atom is -0.394 e. The SMILES string of the molecule is CC(=O)N[C@H]1[C@H](O[C@@H]([C@@H](O)[C@H](O)CO)[C@H](CO)NC(C)=O)O[C@H](CO)[C@@H](O[C@@H]2O[C@H](CO)[C@H](O)[C@H](O)[C@H]2O)[C@@H]1O[C@@H]1O[C@@H](C)[C@@H](O)[C@@H](O)[C@@H]1O. The van der Waals surface area contributed by atoms with Gasteiger partial charge in [0.15, 0.2) is 18.9 Å². The number of ether oxygens (including phenoxy) is 6. The molecule has 0 aromatic carbocycles. The largest absolute Gasteiger partial charge is 0.394 e. The molecule has 292 valence electrons. The van der Waals surface area contributed by atoms with Crippen LogP contribution in [0.5, 0.6) is 0 Å². The third-order valence-corrected chi connectivity index (χ3v) is 8.63. The molecule has 0 aromatic heterocycles. The Morgan fingerprint density at radius 3 is 1.74 bits per heavy atom. The standard InChI is InChI=1S/C28H50N2O20/c1-8-16(38)19(41)21(43)27(45-8)50-25-15(30-10(3)36)26(48-23(17(39)12(37)5-32)11(4-31)29-9(2)35)47-14(7-34)24(25)49-28-22(44)20(42)18(40)13(6-33)46-28/h8,11-28,31-34,37-44H,4-7H2,1-3H3,(H,29,35)(H,30,36)/t8-,11-,12+,13+,14+,15+,16+,17-,18-,19+,20-,21-,22+,23+,24+,25+,26-,27-,28-/m0/s1. The summed E-state index contributed by atoms with van der Waals surface area (Å²) in [7, 11) is 0. The van der Waals surface area contributed by atoms with Crippen LogP contribution in [0.25, 0.3) is 0 Å². The van der Waals surface area contributed by atoms with Gasteiger partial charge in [0, 0.05) is 13.8 Å². The van der Waals surface area contributed by atoms with Crippen molar-refractivity contribution in [2.45, 2.75) is 137 Å². The maximum absolute atomic E-state index is 12.6. The van der Waals surface area contributed by atoms with E-state index in [2.05, 4.69) is 10.6 Å². The average molecular weight is 735 g/mol. The Kier molecular flexibility index (Phi) is 16.0. The van der Waals surface area contributed by atoms with Gasteiger partial charge in [0.1, 0.15) is 85.4 Å². The summed E-state index contributed by atoms with van der Waals surface area (Å²) in [6.45, 7) is -0.270. The molecule has 3 aliphatic rings. The first kappa shape index (κ1) is 42.6. The molecular weight excluding hydrogens is 684 g/mol. The molecule has 3 saturated heterocycles. The van der Waals surface area contributed by atoms with E-state index in [-0.39, 0.29) is 0 Å². The number of aliphatic hydroxyl groups is 12. The molecule has 3 fully saturated rings. The zero-order valence-electron chi connectivity index (χ0n) is 27.4. The van der Waals surface area contributed by atoms with E-state index in [1.54, 1.807) is 0 Å². The molecule has 19 atom stereocenters. The first-order chi connectivity index (χ1) is 23.5. The van der Waals surface area contributed by atoms with Crippen LogP contribution in [0.1, 0.15) is 20.8 Å². The van der Waals surface area contributed by atoms with Gasteiger partial charge in [-0.05, 0) is 6.92 Å². The van der Waals surface area contributed by atoms with Crippen LogP contribution in [-0.4, -0.2) is 216 Å². The Balaban J connectivity index is 2.12. The van der Waals surface area contributed by atoms with Crippen molar-refractivity contribution in [3.8, 4) is 0 Å². The molecule has 3 aliphatic heterocycles. The molecule has 0 bridgehead atoms. The number of hydrogen-bond acceptors (Lipinski definition) is 20. The number of nitrogens with one attached hydrogen (secondary N) is 2. The van der Waals surface area contributed by atoms with E-state index < -0.39 is 155 Å². The predicted molar refractivity (Wildman–Crippen MR) is 158 cm³/mol. The third-order valence-electron chi connectivity index (χ3n) is 8.63. The fraction of sp³-hybridized carbons (Fsp3) is 0.929. The highest BCUT2D eigenvalue weighted by atomic mass is 16.8. The van der Waals surface area contributed by atoms with Gasteiger partial charge in [-0.3, -0.25) is 9.59 Å². The maximum Gasteiger partial charge on any atom is 0.217 e. The van der Waals surface area contributed by atoms with Crippen molar-refractivity contribution in [2.75, 3.05) is 26.4 Å². The number of rotatable bonds is 15. The monoisotopic (exact) mass is 734 g/mol. The maximum atomic E-state index is 12.6. The zero-order chi connectivity index (χ0) is 37.6. The van der Waals surface area contributed by atoms with Crippen molar-refractivity contribution < 1.29 is 99.3 Å². The van der Waals surface area contributed by atoms with E-state index >= 15 is 0 Å². The fourth-order valence-corrected chi connectivity index (χ4v) is 5.88. The highest BCUT2D eigenvalue weighted by molar-refractivity contribution is 5.73. The van der Waals surface area contributed by atoms with Crippen LogP contribution in [0, 0.1) is 0 Å². The summed E-state index contributed by atoms with van der Waals surface area (Å²) in [5, 5.41) is 128. The van der Waals surface area contributed by atoms with Gasteiger partial charge in [-0.15, -0.1) is 0 Å². The van der Waals surface area contributed by atoms with Crippen LogP contribution in [0.2, 0.25) is 0 Å². The Labute approximate surface area is 285 Å². The molecule has 0 unspecified atom stereocenters. The van der Waals surface area contributed by atoms with Gasteiger partial charge in [0.25, 0.3) is 0 Å². The van der Waals surface area contributed by atoms with Gasteiger partial charge in [-0.1, -0.05) is 0 Å². The molecule has 22 nitrogen and oxygen atoms in total. The molecule has 50 heavy (non-hydrogen) atoms. The van der Waals surface area contributed by atoms with Crippen LogP contribution in [-0.2, 0) is 38.0 Å². The smallest absolute Gasteiger partial charge is 0.217 e. The lowest BCUT2D eigenvalue weighted by Crippen LogP contribution is -2.70. The summed E-state index contributed by atoms with van der Waals surface area (Å²) in [6.07, 6.45) is -30.1. The summed E-state index contributed by atoms with van der Waals surface area (Å²) >= 11 is 0. The Hall–Kier alpha value is -1.78. The molecular formula is C28H50N2O20. The number of aliphatic hydroxyl groups excluding tert-OH is 12. The molecule has 2 amide bonds. The van der Waals surface area contributed by atoms with Crippen LogP contribution in [0.3, 0.4) is 0 Å². The highest BCUT2D eigenvalue weighted by Crippen LogP contribution is 2.34. The van der Waals surface area contributed by atoms with E-state index in [4.69, 9.17) is 28.4 Å². The average Bonchev–Trinajstić information content (AvgIpc) is 3.08. The molecule has 0 aliphatic carbocycles. The first-order valence-electron chi connectivity index (χ1n) is 15.9. The molecule has 0 saturated carbocycles. The summed E-state index contributed by atoms with van der Waals surface area (Å²) in [5.41, 5.74) is 0. The Bertz CT molecular complexity index is 1080. The molecule has 14 N–H and O–H groups in total. The van der Waals surface area contributed by atoms with Crippen molar-refractivity contribution in [2.24, 2.45) is 0 Å². The van der Waals surface area contributed by atoms with Crippen molar-refractivity contribution in [1.82, 2.24) is 10.6 Å². The van der Waals surface area contributed by atoms with Crippen LogP contribution < -0.4 is 10.6 Å². The predicted octanol–water partition coefficient (Wildman–Crippen LogP) is -8.80. The van der Waals surface area contributed by atoms with Crippen LogP contribution in [0.15, 0.2) is 0 Å². The summed E-state index contributed by atoms with van der Waals surface area (Å²) in [5.74, 6) is -1.51. The van der Waals surface area contributed by atoms with Crippen LogP contribution >= 0.6 is 0 Å². The number of carbonyl (C=O) groups is 2. The second-order valence-corrected chi connectivity index (χ2v) is 12.4. The lowest BCUT2D eigenvalue weighted by Gasteiger charge is -2.51. The molecule has 0 aromatic rings. The number of hydrogen-bond donors (Lipinski definition) is 14. The van der Waals surface area contributed by atoms with Gasteiger partial charge >= 0.3 is 0 Å². The second-order valence-electron chi connectivity index (χ2n) is 12.4. The zero-order valence-corrected chi connectivity index (χ0v) is 27.4. The van der Waals surface area contributed by atoms with Gasteiger partial charge in [0.2, 0.25) is 11.8 Å². The van der Waals surface area contributed by atoms with E-state index in [0.29, 0.717) is 0 Å². The van der Waals surface area contributed by atoms with Crippen LogP contribution in [0.4, 0.5) is 0 Å². The van der Waals surface area contributed by atoms with Gasteiger partial charge in [-0.25, -0.2) is 0 Å².